The minimum Gasteiger partial charge on any atom is -0.294 e. The molecule has 0 radical (unpaired) electrons. The number of carbonyl (C=O) groups is 2. The van der Waals surface area contributed by atoms with Crippen molar-refractivity contribution in [1.82, 2.24) is 0 Å². The van der Waals surface area contributed by atoms with Gasteiger partial charge in [-0.3, -0.25) is 9.59 Å². The second-order valence-corrected chi connectivity index (χ2v) is 4.18. The normalized spacial score (nSPS) is 10.5. The number of benzene rings is 2. The fourth-order valence-electron chi connectivity index (χ4n) is 1.70. The molecule has 0 aliphatic carbocycles. The maximum absolute atomic E-state index is 11.8. The molecule has 2 nitrogen and oxygen atoms in total. The van der Waals surface area contributed by atoms with Crippen LogP contribution >= 0.6 is 0 Å². The van der Waals surface area contributed by atoms with Crippen molar-refractivity contribution in [2.75, 3.05) is 0 Å². The summed E-state index contributed by atoms with van der Waals surface area (Å²) in [5.41, 5.74) is 1.52. The molecule has 0 aromatic heterocycles. The van der Waals surface area contributed by atoms with E-state index in [1.807, 2.05) is 36.4 Å². The van der Waals surface area contributed by atoms with E-state index in [2.05, 4.69) is 0 Å². The first-order valence-electron chi connectivity index (χ1n) is 6.10. The van der Waals surface area contributed by atoms with E-state index in [-0.39, 0.29) is 18.0 Å². The van der Waals surface area contributed by atoms with Crippen molar-refractivity contribution in [2.24, 2.45) is 0 Å². The molecular weight excluding hydrogens is 236 g/mol. The molecule has 0 aliphatic heterocycles. The zero-order valence-corrected chi connectivity index (χ0v) is 10.5. The Labute approximate surface area is 112 Å². The highest BCUT2D eigenvalue weighted by molar-refractivity contribution is 6.12. The summed E-state index contributed by atoms with van der Waals surface area (Å²) in [7, 11) is 0. The predicted molar refractivity (Wildman–Crippen MR) is 75.9 cm³/mol. The SMILES string of the molecule is O=C(C=Cc1ccccc1)CC(=O)c1ccccc1. The van der Waals surface area contributed by atoms with Crippen LogP contribution in [0.5, 0.6) is 0 Å². The molecule has 0 fully saturated rings. The predicted octanol–water partition coefficient (Wildman–Crippen LogP) is 3.54. The number of carbonyl (C=O) groups excluding carboxylic acids is 2. The van der Waals surface area contributed by atoms with Gasteiger partial charge in [-0.1, -0.05) is 66.7 Å². The molecule has 2 rings (SSSR count). The first-order chi connectivity index (χ1) is 9.25. The number of hydrogen-bond donors (Lipinski definition) is 0. The Morgan fingerprint density at radius 3 is 2.05 bits per heavy atom. The molecular formula is C17H14O2. The molecule has 0 unspecified atom stereocenters. The van der Waals surface area contributed by atoms with Crippen molar-refractivity contribution < 1.29 is 9.59 Å². The number of allylic oxidation sites excluding steroid dienone is 1. The number of hydrogen-bond acceptors (Lipinski definition) is 2. The van der Waals surface area contributed by atoms with Crippen molar-refractivity contribution in [3.8, 4) is 0 Å². The molecule has 2 aromatic rings. The smallest absolute Gasteiger partial charge is 0.170 e. The molecule has 2 aromatic carbocycles. The molecule has 0 aliphatic rings. The minimum atomic E-state index is -0.183. The molecule has 0 bridgehead atoms. The Morgan fingerprint density at radius 1 is 0.842 bits per heavy atom. The maximum Gasteiger partial charge on any atom is 0.170 e. The number of Topliss-reactive ketones (excluding diaryl/α,β-unsaturated/α-hetero) is 1. The summed E-state index contributed by atoms with van der Waals surface area (Å²) < 4.78 is 0. The van der Waals surface area contributed by atoms with Gasteiger partial charge in [0.1, 0.15) is 0 Å². The quantitative estimate of drug-likeness (QED) is 0.462. The lowest BCUT2D eigenvalue weighted by molar-refractivity contribution is -0.113. The van der Waals surface area contributed by atoms with Gasteiger partial charge in [-0.05, 0) is 11.6 Å². The summed E-state index contributed by atoms with van der Waals surface area (Å²) in [6.45, 7) is 0. The fraction of sp³-hybridized carbons (Fsp3) is 0.0588. The second kappa shape index (κ2) is 6.45. The van der Waals surface area contributed by atoms with Crippen LogP contribution in [0.4, 0.5) is 0 Å². The van der Waals surface area contributed by atoms with Gasteiger partial charge in [-0.15, -0.1) is 0 Å². The Bertz CT molecular complexity index is 583. The molecule has 0 amide bonds. The first kappa shape index (κ1) is 13.0. The first-order valence-corrected chi connectivity index (χ1v) is 6.10. The third-order valence-corrected chi connectivity index (χ3v) is 2.69. The molecule has 0 N–H and O–H groups in total. The molecule has 0 atom stereocenters. The fourth-order valence-corrected chi connectivity index (χ4v) is 1.70. The summed E-state index contributed by atoms with van der Waals surface area (Å²) in [4.78, 5) is 23.5. The summed E-state index contributed by atoms with van der Waals surface area (Å²) >= 11 is 0. The monoisotopic (exact) mass is 250 g/mol. The highest BCUT2D eigenvalue weighted by Gasteiger charge is 2.08. The summed E-state index contributed by atoms with van der Waals surface area (Å²) in [5.74, 6) is -0.332. The van der Waals surface area contributed by atoms with Gasteiger partial charge in [0.25, 0.3) is 0 Å². The van der Waals surface area contributed by atoms with Crippen LogP contribution in [-0.4, -0.2) is 11.6 Å². The van der Waals surface area contributed by atoms with Crippen LogP contribution in [-0.2, 0) is 4.79 Å². The third kappa shape index (κ3) is 4.03. The lowest BCUT2D eigenvalue weighted by Crippen LogP contribution is -2.05. The van der Waals surface area contributed by atoms with Gasteiger partial charge >= 0.3 is 0 Å². The molecule has 0 saturated heterocycles. The highest BCUT2D eigenvalue weighted by atomic mass is 16.1. The zero-order valence-electron chi connectivity index (χ0n) is 10.5. The van der Waals surface area contributed by atoms with Crippen molar-refractivity contribution >= 4 is 17.6 Å². The average Bonchev–Trinajstić information content (AvgIpc) is 2.47. The lowest BCUT2D eigenvalue weighted by atomic mass is 10.1. The van der Waals surface area contributed by atoms with E-state index in [9.17, 15) is 9.59 Å². The van der Waals surface area contributed by atoms with E-state index in [1.54, 1.807) is 30.3 Å². The van der Waals surface area contributed by atoms with Crippen LogP contribution in [0, 0.1) is 0 Å². The topological polar surface area (TPSA) is 34.1 Å². The molecule has 0 heterocycles. The lowest BCUT2D eigenvalue weighted by Gasteiger charge is -1.97. The number of rotatable bonds is 5. The molecule has 19 heavy (non-hydrogen) atoms. The van der Waals surface area contributed by atoms with Crippen molar-refractivity contribution in [3.63, 3.8) is 0 Å². The van der Waals surface area contributed by atoms with Crippen LogP contribution in [0.15, 0.2) is 66.7 Å². The van der Waals surface area contributed by atoms with Crippen LogP contribution in [0.25, 0.3) is 6.08 Å². The van der Waals surface area contributed by atoms with E-state index in [0.29, 0.717) is 5.56 Å². The Morgan fingerprint density at radius 2 is 1.42 bits per heavy atom. The van der Waals surface area contributed by atoms with Crippen LogP contribution in [0.3, 0.4) is 0 Å². The van der Waals surface area contributed by atoms with E-state index >= 15 is 0 Å². The summed E-state index contributed by atoms with van der Waals surface area (Å²) in [5, 5.41) is 0. The van der Waals surface area contributed by atoms with E-state index in [4.69, 9.17) is 0 Å². The largest absolute Gasteiger partial charge is 0.294 e. The van der Waals surface area contributed by atoms with Crippen LogP contribution < -0.4 is 0 Å². The number of ketones is 2. The van der Waals surface area contributed by atoms with Gasteiger partial charge in [-0.25, -0.2) is 0 Å². The van der Waals surface area contributed by atoms with Gasteiger partial charge in [0, 0.05) is 5.56 Å². The van der Waals surface area contributed by atoms with Gasteiger partial charge < -0.3 is 0 Å². The third-order valence-electron chi connectivity index (χ3n) is 2.69. The van der Waals surface area contributed by atoms with Crippen LogP contribution in [0.2, 0.25) is 0 Å². The van der Waals surface area contributed by atoms with Crippen LogP contribution in [0.1, 0.15) is 22.3 Å². The van der Waals surface area contributed by atoms with Crippen molar-refractivity contribution in [1.29, 1.82) is 0 Å². The van der Waals surface area contributed by atoms with E-state index < -0.39 is 0 Å². The zero-order chi connectivity index (χ0) is 13.5. The standard InChI is InChI=1S/C17H14O2/c18-16(12-11-14-7-3-1-4-8-14)13-17(19)15-9-5-2-6-10-15/h1-12H,13H2. The minimum absolute atomic E-state index is 0.0899. The summed E-state index contributed by atoms with van der Waals surface area (Å²) in [6, 6.07) is 18.4. The van der Waals surface area contributed by atoms with Gasteiger partial charge in [0.15, 0.2) is 11.6 Å². The molecule has 0 saturated carbocycles. The Hall–Kier alpha value is -2.48. The van der Waals surface area contributed by atoms with Gasteiger partial charge in [-0.2, -0.15) is 0 Å². The second-order valence-electron chi connectivity index (χ2n) is 4.18. The Balaban J connectivity index is 1.95. The van der Waals surface area contributed by atoms with Crippen molar-refractivity contribution in [3.05, 3.63) is 77.9 Å². The summed E-state index contributed by atoms with van der Waals surface area (Å²) in [6.07, 6.45) is 3.09. The highest BCUT2D eigenvalue weighted by Crippen LogP contribution is 2.05. The van der Waals surface area contributed by atoms with Gasteiger partial charge in [0.05, 0.1) is 6.42 Å². The molecule has 94 valence electrons. The van der Waals surface area contributed by atoms with E-state index in [0.717, 1.165) is 5.56 Å². The van der Waals surface area contributed by atoms with E-state index in [1.165, 1.54) is 6.08 Å². The van der Waals surface area contributed by atoms with Gasteiger partial charge in [0.2, 0.25) is 0 Å². The van der Waals surface area contributed by atoms with Crippen molar-refractivity contribution in [2.45, 2.75) is 6.42 Å². The average molecular weight is 250 g/mol. The Kier molecular flexibility index (Phi) is 4.40. The molecule has 2 heteroatoms. The molecule has 0 spiro atoms. The maximum atomic E-state index is 11.8.